The third-order valence-electron chi connectivity index (χ3n) is 4.39. The number of nitrogens with zero attached hydrogens (tertiary/aromatic N) is 4. The van der Waals surface area contributed by atoms with Gasteiger partial charge in [0, 0.05) is 25.5 Å². The minimum atomic E-state index is -4.60. The number of rotatable bonds is 3. The fourth-order valence-electron chi connectivity index (χ4n) is 2.82. The highest BCUT2D eigenvalue weighted by Crippen LogP contribution is 2.34. The Morgan fingerprint density at radius 2 is 2.04 bits per heavy atom. The summed E-state index contributed by atoms with van der Waals surface area (Å²) in [6.45, 7) is 3.52. The van der Waals surface area contributed by atoms with Crippen LogP contribution in [0.1, 0.15) is 18.7 Å². The fourth-order valence-corrected chi connectivity index (χ4v) is 3.70. The molecule has 0 bridgehead atoms. The Balaban J connectivity index is 1.71. The predicted molar refractivity (Wildman–Crippen MR) is 93.3 cm³/mol. The molecule has 1 atom stereocenters. The third-order valence-corrected chi connectivity index (χ3v) is 5.63. The number of nitrogens with one attached hydrogen (secondary N) is 2. The van der Waals surface area contributed by atoms with Crippen LogP contribution in [0.25, 0.3) is 0 Å². The van der Waals surface area contributed by atoms with Crippen LogP contribution >= 0.6 is 0 Å². The van der Waals surface area contributed by atoms with Crippen molar-refractivity contribution in [1.82, 2.24) is 19.4 Å². The van der Waals surface area contributed by atoms with Gasteiger partial charge in [0.25, 0.3) is 0 Å². The average Bonchev–Trinajstić information content (AvgIpc) is 2.73. The Morgan fingerprint density at radius 3 is 2.56 bits per heavy atom. The molecule has 9 nitrogen and oxygen atoms in total. The van der Waals surface area contributed by atoms with Crippen molar-refractivity contribution in [3.8, 4) is 0 Å². The molecule has 2 aliphatic heterocycles. The van der Waals surface area contributed by atoms with Crippen molar-refractivity contribution in [3.05, 3.63) is 23.7 Å². The second-order valence-corrected chi connectivity index (χ2v) is 8.76. The van der Waals surface area contributed by atoms with Gasteiger partial charge in [0.1, 0.15) is 5.66 Å². The van der Waals surface area contributed by atoms with Crippen molar-refractivity contribution in [1.29, 1.82) is 0 Å². The zero-order valence-electron chi connectivity index (χ0n) is 14.9. The Kier molecular flexibility index (Phi) is 4.51. The van der Waals surface area contributed by atoms with Crippen LogP contribution in [0.2, 0.25) is 0 Å². The highest BCUT2D eigenvalue weighted by atomic mass is 32.2. The number of sulfonamides is 1. The standard InChI is InChI=1S/C14H20F3N7O2S/c1-8-10(7-24(22-8)9-5-23(6-9)27(3,25)26)20-12-19-4-11(14(15,16)17)13(2,18)21-12/h4,7,9H,5-6,18H2,1-3H3,(H2,19,20,21). The summed E-state index contributed by atoms with van der Waals surface area (Å²) >= 11 is 0. The number of aliphatic imine (C=N–C) groups is 1. The summed E-state index contributed by atoms with van der Waals surface area (Å²) in [5.74, 6) is 0.0574. The SMILES string of the molecule is Cc1nn(C2CN(S(C)(=O)=O)C2)cc1NC1=NC(C)(N)C(C(F)(F)F)=CN1. The van der Waals surface area contributed by atoms with Crippen LogP contribution in [0.15, 0.2) is 23.0 Å². The number of aryl methyl sites for hydroxylation is 1. The first-order valence-electron chi connectivity index (χ1n) is 7.98. The lowest BCUT2D eigenvalue weighted by atomic mass is 10.0. The molecule has 1 unspecified atom stereocenters. The van der Waals surface area contributed by atoms with Crippen molar-refractivity contribution in [2.45, 2.75) is 31.7 Å². The number of nitrogens with two attached hydrogens (primary N) is 1. The van der Waals surface area contributed by atoms with Crippen molar-refractivity contribution >= 4 is 21.7 Å². The van der Waals surface area contributed by atoms with Crippen LogP contribution in [0, 0.1) is 6.92 Å². The van der Waals surface area contributed by atoms with Gasteiger partial charge >= 0.3 is 6.18 Å². The second kappa shape index (κ2) is 6.21. The molecule has 0 aromatic carbocycles. The second-order valence-electron chi connectivity index (χ2n) is 6.78. The molecule has 0 saturated carbocycles. The van der Waals surface area contributed by atoms with Crippen LogP contribution in [0.3, 0.4) is 0 Å². The van der Waals surface area contributed by atoms with Gasteiger partial charge in [-0.25, -0.2) is 13.4 Å². The third kappa shape index (κ3) is 3.94. The van der Waals surface area contributed by atoms with Crippen LogP contribution in [-0.4, -0.2) is 59.6 Å². The molecule has 1 aromatic heterocycles. The lowest BCUT2D eigenvalue weighted by molar-refractivity contribution is -0.100. The van der Waals surface area contributed by atoms with Gasteiger partial charge in [-0.3, -0.25) is 4.68 Å². The van der Waals surface area contributed by atoms with Crippen LogP contribution < -0.4 is 16.4 Å². The molecule has 2 aliphatic rings. The topological polar surface area (TPSA) is 118 Å². The number of aromatic nitrogens is 2. The van der Waals surface area contributed by atoms with E-state index in [1.54, 1.807) is 17.8 Å². The highest BCUT2D eigenvalue weighted by Gasteiger charge is 2.45. The fraction of sp³-hybridized carbons (Fsp3) is 0.571. The predicted octanol–water partition coefficient (Wildman–Crippen LogP) is 0.500. The number of anilines is 1. The number of alkyl halides is 3. The van der Waals surface area contributed by atoms with Crippen LogP contribution in [-0.2, 0) is 10.0 Å². The van der Waals surface area contributed by atoms with Crippen LogP contribution in [0.5, 0.6) is 0 Å². The molecular formula is C14H20F3N7O2S. The normalized spacial score (nSPS) is 24.7. The van der Waals surface area contributed by atoms with E-state index in [1.165, 1.54) is 11.2 Å². The minimum Gasteiger partial charge on any atom is -0.332 e. The molecule has 150 valence electrons. The summed E-state index contributed by atoms with van der Waals surface area (Å²) < 4.78 is 64.8. The molecule has 1 aromatic rings. The molecule has 0 amide bonds. The monoisotopic (exact) mass is 407 g/mol. The van der Waals surface area contributed by atoms with Gasteiger partial charge in [-0.15, -0.1) is 0 Å². The number of halogens is 3. The Bertz CT molecular complexity index is 912. The molecule has 3 rings (SSSR count). The molecule has 0 aliphatic carbocycles. The van der Waals surface area contributed by atoms with E-state index >= 15 is 0 Å². The first-order valence-corrected chi connectivity index (χ1v) is 9.83. The van der Waals surface area contributed by atoms with Gasteiger partial charge in [-0.2, -0.15) is 22.6 Å². The zero-order valence-corrected chi connectivity index (χ0v) is 15.7. The Labute approximate surface area is 154 Å². The first kappa shape index (κ1) is 19.6. The Morgan fingerprint density at radius 1 is 1.41 bits per heavy atom. The van der Waals surface area contributed by atoms with Crippen LogP contribution in [0.4, 0.5) is 18.9 Å². The molecule has 0 spiro atoms. The molecule has 1 saturated heterocycles. The van der Waals surface area contributed by atoms with E-state index in [9.17, 15) is 21.6 Å². The van der Waals surface area contributed by atoms with E-state index in [-0.39, 0.29) is 12.0 Å². The highest BCUT2D eigenvalue weighted by molar-refractivity contribution is 7.88. The maximum Gasteiger partial charge on any atom is 0.417 e. The summed E-state index contributed by atoms with van der Waals surface area (Å²) in [5, 5.41) is 9.65. The quantitative estimate of drug-likeness (QED) is 0.672. The summed E-state index contributed by atoms with van der Waals surface area (Å²) in [7, 11) is -3.23. The summed E-state index contributed by atoms with van der Waals surface area (Å²) in [5.41, 5.74) is 3.89. The maximum atomic E-state index is 13.0. The Hall–Kier alpha value is -2.12. The lowest BCUT2D eigenvalue weighted by Gasteiger charge is -2.37. The summed E-state index contributed by atoms with van der Waals surface area (Å²) in [4.78, 5) is 3.89. The summed E-state index contributed by atoms with van der Waals surface area (Å²) in [6, 6.07) is -0.105. The van der Waals surface area contributed by atoms with E-state index in [1.807, 2.05) is 0 Å². The number of guanidine groups is 1. The smallest absolute Gasteiger partial charge is 0.332 e. The molecule has 27 heavy (non-hydrogen) atoms. The van der Waals surface area contributed by atoms with Crippen molar-refractivity contribution in [2.24, 2.45) is 10.7 Å². The molecule has 13 heteroatoms. The van der Waals surface area contributed by atoms with Crippen molar-refractivity contribution in [2.75, 3.05) is 24.7 Å². The molecule has 0 radical (unpaired) electrons. The molecular weight excluding hydrogens is 387 g/mol. The summed E-state index contributed by atoms with van der Waals surface area (Å²) in [6.07, 6.45) is -1.02. The number of hydrogen-bond donors (Lipinski definition) is 3. The van der Waals surface area contributed by atoms with E-state index in [4.69, 9.17) is 5.73 Å². The zero-order chi connectivity index (χ0) is 20.2. The lowest BCUT2D eigenvalue weighted by Crippen LogP contribution is -2.50. The van der Waals surface area contributed by atoms with Gasteiger partial charge in [-0.05, 0) is 13.8 Å². The minimum absolute atomic E-state index is 0.0574. The van der Waals surface area contributed by atoms with Gasteiger partial charge < -0.3 is 16.4 Å². The van der Waals surface area contributed by atoms with E-state index in [0.29, 0.717) is 24.5 Å². The molecule has 3 heterocycles. The van der Waals surface area contributed by atoms with Crippen molar-refractivity contribution < 1.29 is 21.6 Å². The van der Waals surface area contributed by atoms with Gasteiger partial charge in [0.2, 0.25) is 16.0 Å². The largest absolute Gasteiger partial charge is 0.417 e. The molecule has 1 fully saturated rings. The molecule has 4 N–H and O–H groups in total. The van der Waals surface area contributed by atoms with Gasteiger partial charge in [-0.1, -0.05) is 0 Å². The van der Waals surface area contributed by atoms with E-state index in [2.05, 4.69) is 20.7 Å². The van der Waals surface area contributed by atoms with E-state index < -0.39 is 27.4 Å². The average molecular weight is 407 g/mol. The van der Waals surface area contributed by atoms with Gasteiger partial charge in [0.15, 0.2) is 0 Å². The maximum absolute atomic E-state index is 13.0. The first-order chi connectivity index (χ1) is 12.3. The van der Waals surface area contributed by atoms with Crippen molar-refractivity contribution in [3.63, 3.8) is 0 Å². The van der Waals surface area contributed by atoms with E-state index in [0.717, 1.165) is 12.5 Å². The van der Waals surface area contributed by atoms with Gasteiger partial charge in [0.05, 0.1) is 29.3 Å². The number of hydrogen-bond acceptors (Lipinski definition) is 7.